The molecule has 0 bridgehead atoms. The van der Waals surface area contributed by atoms with Gasteiger partial charge in [-0.2, -0.15) is 0 Å². The molecule has 2 aromatic carbocycles. The molecule has 3 amide bonds. The highest BCUT2D eigenvalue weighted by atomic mass is 35.5. The summed E-state index contributed by atoms with van der Waals surface area (Å²) < 4.78 is 28.9. The van der Waals surface area contributed by atoms with Crippen molar-refractivity contribution < 1.29 is 22.7 Å². The minimum Gasteiger partial charge on any atom is -0.455 e. The molecule has 1 heterocycles. The molecule has 29 heavy (non-hydrogen) atoms. The molecule has 0 unspecified atom stereocenters. The van der Waals surface area contributed by atoms with Gasteiger partial charge in [0.25, 0.3) is 0 Å². The van der Waals surface area contributed by atoms with Gasteiger partial charge >= 0.3 is 6.03 Å². The maximum absolute atomic E-state index is 12.8. The predicted octanol–water partition coefficient (Wildman–Crippen LogP) is 3.02. The van der Waals surface area contributed by atoms with Crippen molar-refractivity contribution in [3.05, 3.63) is 53.1 Å². The number of para-hydroxylation sites is 1. The number of halogens is 1. The number of rotatable bonds is 4. The van der Waals surface area contributed by atoms with Gasteiger partial charge in [-0.3, -0.25) is 15.1 Å². The van der Waals surface area contributed by atoms with Crippen LogP contribution in [0.1, 0.15) is 18.9 Å². The van der Waals surface area contributed by atoms with Crippen molar-refractivity contribution in [1.82, 2.24) is 10.9 Å². The molecule has 0 saturated heterocycles. The number of carbonyl (C=O) groups excluding carboxylic acids is 2. The van der Waals surface area contributed by atoms with E-state index in [4.69, 9.17) is 16.3 Å². The normalized spacial score (nSPS) is 12.8. The van der Waals surface area contributed by atoms with E-state index in [1.807, 2.05) is 18.2 Å². The number of amides is 3. The average Bonchev–Trinajstić information content (AvgIpc) is 2.87. The molecule has 0 spiro atoms. The first-order valence-corrected chi connectivity index (χ1v) is 11.1. The van der Waals surface area contributed by atoms with Crippen LogP contribution in [0, 0.1) is 0 Å². The number of hydrazine groups is 1. The second-order valence-corrected chi connectivity index (χ2v) is 9.28. The third-order valence-corrected chi connectivity index (χ3v) is 6.31. The van der Waals surface area contributed by atoms with E-state index in [9.17, 15) is 18.0 Å². The summed E-state index contributed by atoms with van der Waals surface area (Å²) in [5.74, 6) is 0.120. The van der Waals surface area contributed by atoms with E-state index in [-0.39, 0.29) is 24.5 Å². The summed E-state index contributed by atoms with van der Waals surface area (Å²) in [6, 6.07) is 11.6. The minimum atomic E-state index is -3.27. The van der Waals surface area contributed by atoms with E-state index >= 15 is 0 Å². The molecule has 10 heteroatoms. The van der Waals surface area contributed by atoms with Crippen LogP contribution in [0.4, 0.5) is 10.5 Å². The van der Waals surface area contributed by atoms with Crippen LogP contribution in [0.3, 0.4) is 0 Å². The highest BCUT2D eigenvalue weighted by molar-refractivity contribution is 7.91. The smallest absolute Gasteiger partial charge is 0.341 e. The third-order valence-electron chi connectivity index (χ3n) is 4.37. The van der Waals surface area contributed by atoms with E-state index in [1.165, 1.54) is 11.8 Å². The zero-order valence-corrected chi connectivity index (χ0v) is 17.2. The molecule has 1 aliphatic rings. The summed E-state index contributed by atoms with van der Waals surface area (Å²) in [6.07, 6.45) is -0.245. The van der Waals surface area contributed by atoms with Crippen molar-refractivity contribution in [3.63, 3.8) is 0 Å². The lowest BCUT2D eigenvalue weighted by Gasteiger charge is -2.22. The van der Waals surface area contributed by atoms with Gasteiger partial charge in [-0.1, -0.05) is 36.7 Å². The number of urea groups is 1. The Balaban J connectivity index is 1.75. The van der Waals surface area contributed by atoms with Crippen LogP contribution in [-0.2, 0) is 21.2 Å². The fourth-order valence-corrected chi connectivity index (χ4v) is 3.67. The highest BCUT2D eigenvalue weighted by Crippen LogP contribution is 2.40. The molecule has 8 nitrogen and oxygen atoms in total. The Labute approximate surface area is 173 Å². The molecule has 2 aromatic rings. The Hall–Kier alpha value is -2.78. The van der Waals surface area contributed by atoms with Gasteiger partial charge in [0.15, 0.2) is 15.6 Å². The van der Waals surface area contributed by atoms with Crippen LogP contribution >= 0.6 is 11.6 Å². The van der Waals surface area contributed by atoms with Crippen LogP contribution in [0.25, 0.3) is 0 Å². The first kappa shape index (κ1) is 20.9. The molecule has 0 atom stereocenters. The van der Waals surface area contributed by atoms with Crippen LogP contribution in [-0.4, -0.2) is 31.9 Å². The Kier molecular flexibility index (Phi) is 6.29. The molecular formula is C19H20ClN3O5S. The number of hydrogen-bond acceptors (Lipinski definition) is 5. The van der Waals surface area contributed by atoms with E-state index in [0.29, 0.717) is 22.2 Å². The van der Waals surface area contributed by atoms with Crippen molar-refractivity contribution in [1.29, 1.82) is 0 Å². The number of nitrogens with one attached hydrogen (secondary N) is 2. The second-order valence-electron chi connectivity index (χ2n) is 6.37. The fourth-order valence-electron chi connectivity index (χ4n) is 2.72. The molecule has 0 saturated carbocycles. The SMILES string of the molecule is CCS(=O)(=O)CCC(=O)NNC(=O)N1Cc2ccccc2Oc2ccc(Cl)cc21. The minimum absolute atomic E-state index is 0.0443. The van der Waals surface area contributed by atoms with E-state index in [1.54, 1.807) is 24.3 Å². The molecule has 3 rings (SSSR count). The number of carbonyl (C=O) groups is 2. The Bertz CT molecular complexity index is 1040. The molecule has 1 aliphatic heterocycles. The topological polar surface area (TPSA) is 105 Å². The number of anilines is 1. The van der Waals surface area contributed by atoms with Crippen molar-refractivity contribution in [2.45, 2.75) is 19.9 Å². The molecule has 154 valence electrons. The van der Waals surface area contributed by atoms with Gasteiger partial charge in [0.1, 0.15) is 5.75 Å². The summed E-state index contributed by atoms with van der Waals surface area (Å²) in [5.41, 5.74) is 5.78. The summed E-state index contributed by atoms with van der Waals surface area (Å²) in [5, 5.41) is 0.421. The number of fused-ring (bicyclic) bond motifs is 2. The molecule has 2 N–H and O–H groups in total. The van der Waals surface area contributed by atoms with Crippen LogP contribution in [0.15, 0.2) is 42.5 Å². The van der Waals surface area contributed by atoms with Crippen molar-refractivity contribution in [2.75, 3.05) is 16.4 Å². The maximum atomic E-state index is 12.8. The number of benzene rings is 2. The molecular weight excluding hydrogens is 418 g/mol. The first-order valence-electron chi connectivity index (χ1n) is 8.91. The number of nitrogens with zero attached hydrogens (tertiary/aromatic N) is 1. The molecule has 0 aromatic heterocycles. The Morgan fingerprint density at radius 2 is 1.90 bits per heavy atom. The summed E-state index contributed by atoms with van der Waals surface area (Å²) in [7, 11) is -3.27. The maximum Gasteiger partial charge on any atom is 0.341 e. The van der Waals surface area contributed by atoms with Gasteiger partial charge in [-0.25, -0.2) is 18.6 Å². The summed E-state index contributed by atoms with van der Waals surface area (Å²) in [4.78, 5) is 26.1. The first-order chi connectivity index (χ1) is 13.8. The standard InChI is InChI=1S/C19H20ClN3O5S/c1-2-29(26,27)10-9-18(24)21-22-19(25)23-12-13-5-3-4-6-16(13)28-17-8-7-14(20)11-15(17)23/h3-8,11H,2,9-10,12H2,1H3,(H,21,24)(H,22,25). The molecule has 0 radical (unpaired) electrons. The zero-order valence-electron chi connectivity index (χ0n) is 15.6. The second kappa shape index (κ2) is 8.71. The fraction of sp³-hybridized carbons (Fsp3) is 0.263. The van der Waals surface area contributed by atoms with Crippen molar-refractivity contribution in [2.24, 2.45) is 0 Å². The van der Waals surface area contributed by atoms with Gasteiger partial charge in [-0.05, 0) is 24.3 Å². The lowest BCUT2D eigenvalue weighted by Crippen LogP contribution is -2.49. The van der Waals surface area contributed by atoms with Gasteiger partial charge in [0.2, 0.25) is 5.91 Å². The lowest BCUT2D eigenvalue weighted by atomic mass is 10.2. The quantitative estimate of drug-likeness (QED) is 0.715. The van der Waals surface area contributed by atoms with Gasteiger partial charge in [0, 0.05) is 22.8 Å². The summed E-state index contributed by atoms with van der Waals surface area (Å²) >= 11 is 6.10. The van der Waals surface area contributed by atoms with Gasteiger partial charge < -0.3 is 4.74 Å². The van der Waals surface area contributed by atoms with Gasteiger partial charge in [0.05, 0.1) is 18.0 Å². The van der Waals surface area contributed by atoms with Crippen molar-refractivity contribution in [3.8, 4) is 11.5 Å². The molecule has 0 aliphatic carbocycles. The molecule has 0 fully saturated rings. The lowest BCUT2D eigenvalue weighted by molar-refractivity contribution is -0.121. The van der Waals surface area contributed by atoms with Crippen LogP contribution in [0.2, 0.25) is 5.02 Å². The Morgan fingerprint density at radius 3 is 2.66 bits per heavy atom. The van der Waals surface area contributed by atoms with Crippen LogP contribution < -0.4 is 20.5 Å². The third kappa shape index (κ3) is 5.18. The number of ether oxygens (including phenoxy) is 1. The number of sulfone groups is 1. The Morgan fingerprint density at radius 1 is 1.14 bits per heavy atom. The van der Waals surface area contributed by atoms with E-state index in [2.05, 4.69) is 10.9 Å². The van der Waals surface area contributed by atoms with E-state index < -0.39 is 21.8 Å². The summed E-state index contributed by atoms with van der Waals surface area (Å²) in [6.45, 7) is 1.70. The van der Waals surface area contributed by atoms with Crippen LogP contribution in [0.5, 0.6) is 11.5 Å². The van der Waals surface area contributed by atoms with E-state index in [0.717, 1.165) is 5.56 Å². The predicted molar refractivity (Wildman–Crippen MR) is 110 cm³/mol. The zero-order chi connectivity index (χ0) is 21.0. The number of hydrogen-bond donors (Lipinski definition) is 2. The van der Waals surface area contributed by atoms with Gasteiger partial charge in [-0.15, -0.1) is 0 Å². The average molecular weight is 438 g/mol. The monoisotopic (exact) mass is 437 g/mol. The van der Waals surface area contributed by atoms with Crippen molar-refractivity contribution >= 4 is 39.1 Å². The largest absolute Gasteiger partial charge is 0.455 e. The highest BCUT2D eigenvalue weighted by Gasteiger charge is 2.26.